The molecule has 2 fully saturated rings. The maximum Gasteiger partial charge on any atom is 0.573 e. The Hall–Kier alpha value is -2.20. The number of ether oxygens (including phenoxy) is 1. The Morgan fingerprint density at radius 1 is 1.31 bits per heavy atom. The van der Waals surface area contributed by atoms with Gasteiger partial charge in [-0.05, 0) is 37.9 Å². The molecule has 2 amide bonds. The molecule has 3 unspecified atom stereocenters. The van der Waals surface area contributed by atoms with Crippen molar-refractivity contribution in [3.63, 3.8) is 0 Å². The van der Waals surface area contributed by atoms with E-state index < -0.39 is 30.0 Å². The van der Waals surface area contributed by atoms with Crippen molar-refractivity contribution >= 4 is 29.1 Å². The van der Waals surface area contributed by atoms with Gasteiger partial charge in [0.15, 0.2) is 0 Å². The number of piperidine rings is 2. The number of primary amides is 1. The van der Waals surface area contributed by atoms with Gasteiger partial charge in [0, 0.05) is 29.9 Å². The molecule has 3 atom stereocenters. The average molecular weight is 435 g/mol. The normalized spacial score (nSPS) is 25.6. The van der Waals surface area contributed by atoms with Crippen LogP contribution in [0.3, 0.4) is 0 Å². The SMILES string of the molecule is NC(=O)C1CCNCC1N1CCCC(Nc2cc(Cl)cc(OC(F)(F)F)c2)C1=O. The molecule has 2 heterocycles. The first kappa shape index (κ1) is 21.5. The number of hydrogen-bond donors (Lipinski definition) is 3. The molecule has 0 spiro atoms. The first-order chi connectivity index (χ1) is 13.6. The molecular weight excluding hydrogens is 413 g/mol. The zero-order valence-corrected chi connectivity index (χ0v) is 16.2. The number of nitrogens with two attached hydrogens (primary N) is 1. The molecule has 1 aromatic carbocycles. The second kappa shape index (κ2) is 8.66. The van der Waals surface area contributed by atoms with Gasteiger partial charge in [0.2, 0.25) is 11.8 Å². The largest absolute Gasteiger partial charge is 0.573 e. The second-order valence-corrected chi connectivity index (χ2v) is 7.60. The van der Waals surface area contributed by atoms with Crippen LogP contribution in [0.1, 0.15) is 19.3 Å². The lowest BCUT2D eigenvalue weighted by atomic mass is 9.88. The van der Waals surface area contributed by atoms with E-state index in [-0.39, 0.29) is 22.7 Å². The number of carbonyl (C=O) groups is 2. The lowest BCUT2D eigenvalue weighted by Gasteiger charge is -2.43. The minimum atomic E-state index is -4.85. The Kier molecular flexibility index (Phi) is 6.42. The van der Waals surface area contributed by atoms with E-state index in [9.17, 15) is 22.8 Å². The smallest absolute Gasteiger partial charge is 0.406 e. The lowest BCUT2D eigenvalue weighted by molar-refractivity contribution is -0.274. The van der Waals surface area contributed by atoms with Crippen molar-refractivity contribution in [2.45, 2.75) is 37.7 Å². The van der Waals surface area contributed by atoms with Crippen molar-refractivity contribution in [3.05, 3.63) is 23.2 Å². The summed E-state index contributed by atoms with van der Waals surface area (Å²) >= 11 is 5.89. The number of nitrogens with one attached hydrogen (secondary N) is 2. The number of nitrogens with zero attached hydrogens (tertiary/aromatic N) is 1. The number of benzene rings is 1. The van der Waals surface area contributed by atoms with Gasteiger partial charge in [-0.25, -0.2) is 0 Å². The Labute approximate surface area is 170 Å². The van der Waals surface area contributed by atoms with Crippen molar-refractivity contribution in [2.75, 3.05) is 25.0 Å². The first-order valence-electron chi connectivity index (χ1n) is 9.27. The molecule has 4 N–H and O–H groups in total. The molecular formula is C18H22ClF3N4O3. The van der Waals surface area contributed by atoms with Crippen molar-refractivity contribution < 1.29 is 27.5 Å². The van der Waals surface area contributed by atoms with Crippen molar-refractivity contribution in [3.8, 4) is 5.75 Å². The zero-order valence-electron chi connectivity index (χ0n) is 15.5. The van der Waals surface area contributed by atoms with Gasteiger partial charge in [0.05, 0.1) is 12.0 Å². The average Bonchev–Trinajstić information content (AvgIpc) is 2.61. The van der Waals surface area contributed by atoms with Crippen LogP contribution in [0.5, 0.6) is 5.75 Å². The summed E-state index contributed by atoms with van der Waals surface area (Å²) in [5.41, 5.74) is 5.75. The van der Waals surface area contributed by atoms with Gasteiger partial charge in [0.25, 0.3) is 0 Å². The van der Waals surface area contributed by atoms with Gasteiger partial charge in [0.1, 0.15) is 11.8 Å². The predicted molar refractivity (Wildman–Crippen MR) is 100 cm³/mol. The fourth-order valence-corrected chi connectivity index (χ4v) is 4.13. The Balaban J connectivity index is 1.75. The van der Waals surface area contributed by atoms with E-state index in [0.717, 1.165) is 12.1 Å². The number of carbonyl (C=O) groups excluding carboxylic acids is 2. The molecule has 2 aliphatic heterocycles. The highest BCUT2D eigenvalue weighted by Crippen LogP contribution is 2.31. The summed E-state index contributed by atoms with van der Waals surface area (Å²) < 4.78 is 41.4. The number of alkyl halides is 3. The van der Waals surface area contributed by atoms with Crippen LogP contribution < -0.4 is 21.1 Å². The van der Waals surface area contributed by atoms with Crippen LogP contribution in [0.15, 0.2) is 18.2 Å². The molecule has 11 heteroatoms. The van der Waals surface area contributed by atoms with Crippen molar-refractivity contribution in [1.82, 2.24) is 10.2 Å². The maximum absolute atomic E-state index is 13.0. The van der Waals surface area contributed by atoms with E-state index in [1.807, 2.05) is 0 Å². The molecule has 0 aliphatic carbocycles. The van der Waals surface area contributed by atoms with Crippen LogP contribution in [-0.2, 0) is 9.59 Å². The molecule has 2 aliphatic rings. The van der Waals surface area contributed by atoms with Crippen LogP contribution in [0, 0.1) is 5.92 Å². The fraction of sp³-hybridized carbons (Fsp3) is 0.556. The van der Waals surface area contributed by atoms with E-state index in [1.165, 1.54) is 6.07 Å². The van der Waals surface area contributed by atoms with Gasteiger partial charge in [-0.15, -0.1) is 13.2 Å². The first-order valence-corrected chi connectivity index (χ1v) is 9.65. The highest BCUT2D eigenvalue weighted by Gasteiger charge is 2.40. The van der Waals surface area contributed by atoms with Crippen LogP contribution >= 0.6 is 11.6 Å². The van der Waals surface area contributed by atoms with E-state index in [0.29, 0.717) is 38.9 Å². The molecule has 0 saturated carbocycles. The topological polar surface area (TPSA) is 96.7 Å². The number of hydrogen-bond acceptors (Lipinski definition) is 5. The molecule has 3 rings (SSSR count). The van der Waals surface area contributed by atoms with Crippen molar-refractivity contribution in [1.29, 1.82) is 0 Å². The summed E-state index contributed by atoms with van der Waals surface area (Å²) in [6, 6.07) is 2.60. The molecule has 160 valence electrons. The van der Waals surface area contributed by atoms with E-state index >= 15 is 0 Å². The standard InChI is InChI=1S/C18H22ClF3N4O3/c19-10-6-11(8-12(7-10)29-18(20,21)22)25-14-2-1-5-26(17(14)28)15-9-24-4-3-13(15)16(23)27/h6-8,13-15,24-25H,1-5,9H2,(H2,23,27). The third-order valence-corrected chi connectivity index (χ3v) is 5.35. The summed E-state index contributed by atoms with van der Waals surface area (Å²) in [4.78, 5) is 26.5. The van der Waals surface area contributed by atoms with Crippen molar-refractivity contribution in [2.24, 2.45) is 11.7 Å². The van der Waals surface area contributed by atoms with Gasteiger partial charge >= 0.3 is 6.36 Å². The number of likely N-dealkylation sites (tertiary alicyclic amines) is 1. The minimum Gasteiger partial charge on any atom is -0.406 e. The Bertz CT molecular complexity index is 777. The lowest BCUT2D eigenvalue weighted by Crippen LogP contribution is -2.60. The molecule has 0 radical (unpaired) electrons. The highest BCUT2D eigenvalue weighted by atomic mass is 35.5. The summed E-state index contributed by atoms with van der Waals surface area (Å²) in [5.74, 6) is -1.58. The number of halogens is 4. The van der Waals surface area contributed by atoms with Crippen LogP contribution in [0.25, 0.3) is 0 Å². The van der Waals surface area contributed by atoms with Crippen LogP contribution in [-0.4, -0.2) is 54.8 Å². The molecule has 1 aromatic rings. The number of amides is 2. The Morgan fingerprint density at radius 2 is 2.07 bits per heavy atom. The predicted octanol–water partition coefficient (Wildman–Crippen LogP) is 2.10. The third-order valence-electron chi connectivity index (χ3n) is 5.13. The van der Waals surface area contributed by atoms with Gasteiger partial charge in [-0.2, -0.15) is 0 Å². The summed E-state index contributed by atoms with van der Waals surface area (Å²) in [7, 11) is 0. The van der Waals surface area contributed by atoms with E-state index in [1.54, 1.807) is 4.90 Å². The number of rotatable bonds is 5. The third kappa shape index (κ3) is 5.45. The second-order valence-electron chi connectivity index (χ2n) is 7.16. The fourth-order valence-electron chi connectivity index (χ4n) is 3.90. The van der Waals surface area contributed by atoms with Gasteiger partial charge < -0.3 is 26.0 Å². The zero-order chi connectivity index (χ0) is 21.2. The summed E-state index contributed by atoms with van der Waals surface area (Å²) in [6.45, 7) is 1.61. The molecule has 7 nitrogen and oxygen atoms in total. The van der Waals surface area contributed by atoms with Crippen LogP contribution in [0.4, 0.5) is 18.9 Å². The monoisotopic (exact) mass is 434 g/mol. The Morgan fingerprint density at radius 3 is 2.76 bits per heavy atom. The van der Waals surface area contributed by atoms with E-state index in [4.69, 9.17) is 17.3 Å². The molecule has 0 bridgehead atoms. The minimum absolute atomic E-state index is 0.0413. The highest BCUT2D eigenvalue weighted by molar-refractivity contribution is 6.31. The number of anilines is 1. The molecule has 0 aromatic heterocycles. The summed E-state index contributed by atoms with van der Waals surface area (Å²) in [5, 5.41) is 6.17. The summed E-state index contributed by atoms with van der Waals surface area (Å²) in [6.07, 6.45) is -3.12. The quantitative estimate of drug-likeness (QED) is 0.659. The van der Waals surface area contributed by atoms with Gasteiger partial charge in [-0.3, -0.25) is 9.59 Å². The van der Waals surface area contributed by atoms with Crippen LogP contribution in [0.2, 0.25) is 5.02 Å². The van der Waals surface area contributed by atoms with E-state index in [2.05, 4.69) is 15.4 Å². The maximum atomic E-state index is 13.0. The van der Waals surface area contributed by atoms with Gasteiger partial charge in [-0.1, -0.05) is 11.6 Å². The molecule has 2 saturated heterocycles. The molecule has 29 heavy (non-hydrogen) atoms.